The zero-order chi connectivity index (χ0) is 15.3. The molecule has 2 bridgehead atoms. The Kier molecular flexibility index (Phi) is 3.87. The molecule has 1 saturated heterocycles. The highest BCUT2D eigenvalue weighted by atomic mass is 32.2. The Morgan fingerprint density at radius 2 is 1.76 bits per heavy atom. The van der Waals surface area contributed by atoms with Crippen LogP contribution < -0.4 is 5.14 Å². The van der Waals surface area contributed by atoms with E-state index in [0.717, 1.165) is 32.1 Å². The topological polar surface area (TPSA) is 97.5 Å². The molecule has 6 nitrogen and oxygen atoms in total. The van der Waals surface area contributed by atoms with Crippen LogP contribution in [-0.4, -0.2) is 45.2 Å². The third-order valence-electron chi connectivity index (χ3n) is 5.57. The summed E-state index contributed by atoms with van der Waals surface area (Å²) in [5.41, 5.74) is -0.0436. The Morgan fingerprint density at radius 1 is 1.10 bits per heavy atom. The molecule has 0 aromatic carbocycles. The number of piperidine rings is 1. The van der Waals surface area contributed by atoms with Crippen molar-refractivity contribution in [1.29, 1.82) is 0 Å². The van der Waals surface area contributed by atoms with Gasteiger partial charge in [-0.25, -0.2) is 26.3 Å². The third kappa shape index (κ3) is 3.13. The molecular formula is C13H24N2O4S2. The fraction of sp³-hybridized carbons (Fsp3) is 1.00. The van der Waals surface area contributed by atoms with Crippen molar-refractivity contribution in [2.45, 2.75) is 50.2 Å². The highest BCUT2D eigenvalue weighted by Crippen LogP contribution is 2.54. The fourth-order valence-corrected chi connectivity index (χ4v) is 7.57. The number of hydrogen-bond donors (Lipinski definition) is 1. The van der Waals surface area contributed by atoms with Gasteiger partial charge in [0.1, 0.15) is 0 Å². The van der Waals surface area contributed by atoms with E-state index < -0.39 is 25.3 Å². The third-order valence-corrected chi connectivity index (χ3v) is 8.98. The van der Waals surface area contributed by atoms with Crippen LogP contribution in [0.3, 0.4) is 0 Å². The molecule has 0 amide bonds. The molecular weight excluding hydrogens is 312 g/mol. The second kappa shape index (κ2) is 5.18. The number of nitrogens with zero attached hydrogens (tertiary/aromatic N) is 1. The van der Waals surface area contributed by atoms with Crippen LogP contribution in [0.4, 0.5) is 0 Å². The van der Waals surface area contributed by atoms with Gasteiger partial charge < -0.3 is 0 Å². The molecule has 2 aliphatic carbocycles. The van der Waals surface area contributed by atoms with E-state index in [1.807, 2.05) is 0 Å². The van der Waals surface area contributed by atoms with Gasteiger partial charge in [-0.2, -0.15) is 0 Å². The summed E-state index contributed by atoms with van der Waals surface area (Å²) in [5, 5.41) is 4.44. The summed E-state index contributed by atoms with van der Waals surface area (Å²) < 4.78 is 49.7. The normalized spacial score (nSPS) is 38.0. The molecule has 1 aliphatic heterocycles. The van der Waals surface area contributed by atoms with Crippen molar-refractivity contribution in [1.82, 2.24) is 4.31 Å². The van der Waals surface area contributed by atoms with Crippen LogP contribution in [-0.2, 0) is 20.0 Å². The van der Waals surface area contributed by atoms with Crippen LogP contribution in [0.15, 0.2) is 0 Å². The highest BCUT2D eigenvalue weighted by Gasteiger charge is 2.48. The summed E-state index contributed by atoms with van der Waals surface area (Å²) in [6.07, 6.45) is 6.35. The van der Waals surface area contributed by atoms with E-state index in [1.165, 1.54) is 4.31 Å². The minimum absolute atomic E-state index is 0.0284. The zero-order valence-electron chi connectivity index (χ0n) is 12.2. The van der Waals surface area contributed by atoms with E-state index in [4.69, 9.17) is 5.14 Å². The Morgan fingerprint density at radius 3 is 2.29 bits per heavy atom. The SMILES string of the molecule is NS(=O)(=O)C1CCCN(S(=O)(=O)CC23CCC(CC2)C3)C1. The van der Waals surface area contributed by atoms with Gasteiger partial charge in [0.25, 0.3) is 0 Å². The quantitative estimate of drug-likeness (QED) is 0.815. The van der Waals surface area contributed by atoms with Crippen molar-refractivity contribution in [3.8, 4) is 0 Å². The number of nitrogens with two attached hydrogens (primary N) is 1. The summed E-state index contributed by atoms with van der Waals surface area (Å²) in [7, 11) is -7.06. The number of hydrogen-bond acceptors (Lipinski definition) is 4. The van der Waals surface area contributed by atoms with Crippen LogP contribution in [0.2, 0.25) is 0 Å². The van der Waals surface area contributed by atoms with E-state index in [9.17, 15) is 16.8 Å². The van der Waals surface area contributed by atoms with Crippen LogP contribution >= 0.6 is 0 Å². The lowest BCUT2D eigenvalue weighted by Crippen LogP contribution is -2.49. The fourth-order valence-electron chi connectivity index (χ4n) is 4.42. The Hall–Kier alpha value is -0.180. The molecule has 0 aromatic rings. The molecule has 0 spiro atoms. The van der Waals surface area contributed by atoms with E-state index in [-0.39, 0.29) is 17.7 Å². The molecule has 2 saturated carbocycles. The maximum atomic E-state index is 12.7. The summed E-state index contributed by atoms with van der Waals surface area (Å²) >= 11 is 0. The summed E-state index contributed by atoms with van der Waals surface area (Å²) in [6.45, 7) is 0.453. The lowest BCUT2D eigenvalue weighted by Gasteiger charge is -2.34. The maximum Gasteiger partial charge on any atom is 0.214 e. The van der Waals surface area contributed by atoms with Gasteiger partial charge in [-0.15, -0.1) is 0 Å². The zero-order valence-corrected chi connectivity index (χ0v) is 13.8. The molecule has 1 heterocycles. The second-order valence-electron chi connectivity index (χ2n) is 7.11. The first-order chi connectivity index (χ1) is 9.70. The molecule has 3 rings (SSSR count). The number of primary sulfonamides is 1. The van der Waals surface area contributed by atoms with Crippen molar-refractivity contribution in [2.24, 2.45) is 16.5 Å². The smallest absolute Gasteiger partial charge is 0.214 e. The first kappa shape index (κ1) is 15.7. The van der Waals surface area contributed by atoms with Crippen molar-refractivity contribution < 1.29 is 16.8 Å². The first-order valence-electron chi connectivity index (χ1n) is 7.70. The largest absolute Gasteiger partial charge is 0.228 e. The number of rotatable bonds is 4. The van der Waals surface area contributed by atoms with Crippen LogP contribution in [0.5, 0.6) is 0 Å². The molecule has 0 aromatic heterocycles. The van der Waals surface area contributed by atoms with Gasteiger partial charge in [0, 0.05) is 13.1 Å². The van der Waals surface area contributed by atoms with Crippen molar-refractivity contribution >= 4 is 20.0 Å². The number of sulfonamides is 2. The van der Waals surface area contributed by atoms with Gasteiger partial charge in [-0.3, -0.25) is 0 Å². The summed E-state index contributed by atoms with van der Waals surface area (Å²) in [5.74, 6) is 0.895. The van der Waals surface area contributed by atoms with Gasteiger partial charge in [-0.1, -0.05) is 0 Å². The minimum Gasteiger partial charge on any atom is -0.228 e. The second-order valence-corrected chi connectivity index (χ2v) is 10.9. The van der Waals surface area contributed by atoms with Crippen LogP contribution in [0.1, 0.15) is 44.9 Å². The van der Waals surface area contributed by atoms with Crippen molar-refractivity contribution in [2.75, 3.05) is 18.8 Å². The predicted molar refractivity (Wildman–Crippen MR) is 80.5 cm³/mol. The van der Waals surface area contributed by atoms with Crippen molar-refractivity contribution in [3.63, 3.8) is 0 Å². The molecule has 1 unspecified atom stereocenters. The van der Waals surface area contributed by atoms with Gasteiger partial charge in [-0.05, 0) is 56.3 Å². The lowest BCUT2D eigenvalue weighted by atomic mass is 9.87. The molecule has 8 heteroatoms. The van der Waals surface area contributed by atoms with Gasteiger partial charge in [0.15, 0.2) is 0 Å². The van der Waals surface area contributed by atoms with E-state index >= 15 is 0 Å². The molecule has 122 valence electrons. The van der Waals surface area contributed by atoms with E-state index in [2.05, 4.69) is 0 Å². The molecule has 2 N–H and O–H groups in total. The Bertz CT molecular complexity index is 606. The predicted octanol–water partition coefficient (Wildman–Crippen LogP) is 0.649. The molecule has 21 heavy (non-hydrogen) atoms. The van der Waals surface area contributed by atoms with E-state index in [0.29, 0.717) is 25.3 Å². The summed E-state index contributed by atoms with van der Waals surface area (Å²) in [6, 6.07) is 0. The first-order valence-corrected chi connectivity index (χ1v) is 10.9. The maximum absolute atomic E-state index is 12.7. The number of fused-ring (bicyclic) bond motifs is 2. The standard InChI is InChI=1S/C13H24N2O4S2/c14-21(18,19)12-2-1-7-15(9-12)20(16,17)10-13-5-3-11(8-13)4-6-13/h11-12H,1-10H2,(H2,14,18,19). The average molecular weight is 336 g/mol. The average Bonchev–Trinajstić information content (AvgIpc) is 2.97. The molecule has 3 aliphatic rings. The van der Waals surface area contributed by atoms with Crippen LogP contribution in [0, 0.1) is 11.3 Å². The molecule has 1 atom stereocenters. The van der Waals surface area contributed by atoms with Gasteiger partial charge >= 0.3 is 0 Å². The Balaban J connectivity index is 1.73. The van der Waals surface area contributed by atoms with E-state index in [1.54, 1.807) is 0 Å². The summed E-state index contributed by atoms with van der Waals surface area (Å²) in [4.78, 5) is 0. The lowest BCUT2D eigenvalue weighted by molar-refractivity contribution is 0.307. The van der Waals surface area contributed by atoms with Crippen molar-refractivity contribution in [3.05, 3.63) is 0 Å². The van der Waals surface area contributed by atoms with Crippen LogP contribution in [0.25, 0.3) is 0 Å². The van der Waals surface area contributed by atoms with Gasteiger partial charge in [0.2, 0.25) is 20.0 Å². The molecule has 3 fully saturated rings. The molecule has 0 radical (unpaired) electrons. The highest BCUT2D eigenvalue weighted by molar-refractivity contribution is 7.90. The minimum atomic E-state index is -3.66. The Labute approximate surface area is 127 Å². The van der Waals surface area contributed by atoms with Gasteiger partial charge in [0.05, 0.1) is 11.0 Å². The monoisotopic (exact) mass is 336 g/mol.